The lowest BCUT2D eigenvalue weighted by molar-refractivity contribution is -0.143. The number of carboxylic acids is 1. The lowest BCUT2D eigenvalue weighted by Crippen LogP contribution is -2.38. The van der Waals surface area contributed by atoms with Crippen molar-refractivity contribution in [2.75, 3.05) is 44.5 Å². The van der Waals surface area contributed by atoms with Gasteiger partial charge in [-0.2, -0.15) is 0 Å². The smallest absolute Gasteiger partial charge is 0.319 e. The molecular weight excluding hydrogens is 358 g/mol. The average Bonchev–Trinajstić information content (AvgIpc) is 2.65. The summed E-state index contributed by atoms with van der Waals surface area (Å²) in [6, 6.07) is 7.01. The number of anilines is 1. The van der Waals surface area contributed by atoms with Crippen molar-refractivity contribution in [3.05, 3.63) is 29.8 Å². The maximum atomic E-state index is 12.1. The molecule has 0 saturated carbocycles. The second-order valence-electron chi connectivity index (χ2n) is 6.48. The molecule has 144 valence electrons. The van der Waals surface area contributed by atoms with E-state index in [1.165, 1.54) is 0 Å². The Bertz CT molecular complexity index is 614. The number of ether oxygens (including phenoxy) is 1. The van der Waals surface area contributed by atoms with Crippen molar-refractivity contribution in [3.63, 3.8) is 0 Å². The van der Waals surface area contributed by atoms with Crippen LogP contribution in [0.15, 0.2) is 24.3 Å². The van der Waals surface area contributed by atoms with Gasteiger partial charge in [0.05, 0.1) is 12.5 Å². The molecule has 2 rings (SSSR count). The molecule has 0 spiro atoms. The first kappa shape index (κ1) is 20.5. The van der Waals surface area contributed by atoms with Crippen LogP contribution in [0.5, 0.6) is 0 Å². The van der Waals surface area contributed by atoms with Crippen molar-refractivity contribution < 1.29 is 19.4 Å². The number of nitrogens with one attached hydrogen (secondary N) is 3. The van der Waals surface area contributed by atoms with E-state index in [4.69, 9.17) is 16.3 Å². The van der Waals surface area contributed by atoms with E-state index >= 15 is 0 Å². The van der Waals surface area contributed by atoms with E-state index in [1.807, 2.05) is 18.2 Å². The molecule has 2 amide bonds. The van der Waals surface area contributed by atoms with Crippen molar-refractivity contribution >= 4 is 29.3 Å². The molecule has 4 N–H and O–H groups in total. The summed E-state index contributed by atoms with van der Waals surface area (Å²) < 4.78 is 5.05. The highest BCUT2D eigenvalue weighted by Gasteiger charge is 2.31. The molecule has 1 saturated heterocycles. The zero-order chi connectivity index (χ0) is 18.9. The fourth-order valence-corrected chi connectivity index (χ4v) is 3.36. The minimum Gasteiger partial charge on any atom is -0.481 e. The van der Waals surface area contributed by atoms with Crippen LogP contribution in [0.1, 0.15) is 17.9 Å². The van der Waals surface area contributed by atoms with Crippen LogP contribution < -0.4 is 16.0 Å². The molecule has 0 aliphatic carbocycles. The number of hydrogen-bond donors (Lipinski definition) is 4. The number of aliphatic carboxylic acids is 1. The molecular formula is C18H26ClN3O4. The molecule has 1 aliphatic rings. The van der Waals surface area contributed by atoms with Gasteiger partial charge in [-0.1, -0.05) is 12.1 Å². The first-order chi connectivity index (χ1) is 12.5. The van der Waals surface area contributed by atoms with E-state index in [0.29, 0.717) is 44.2 Å². The highest BCUT2D eigenvalue weighted by atomic mass is 35.5. The van der Waals surface area contributed by atoms with E-state index in [2.05, 4.69) is 16.0 Å². The SMILES string of the molecule is COCC(CCl)CNC(=O)Nc1cccc(C2CNCCC2C(=O)O)c1. The van der Waals surface area contributed by atoms with Gasteiger partial charge in [0.1, 0.15) is 0 Å². The zero-order valence-corrected chi connectivity index (χ0v) is 15.6. The van der Waals surface area contributed by atoms with Gasteiger partial charge in [0.2, 0.25) is 0 Å². The van der Waals surface area contributed by atoms with Gasteiger partial charge in [0, 0.05) is 43.6 Å². The number of benzene rings is 1. The number of rotatable bonds is 8. The molecule has 3 unspecified atom stereocenters. The van der Waals surface area contributed by atoms with Crippen LogP contribution in [-0.4, -0.2) is 56.3 Å². The van der Waals surface area contributed by atoms with Gasteiger partial charge in [-0.3, -0.25) is 4.79 Å². The molecule has 1 aromatic carbocycles. The van der Waals surface area contributed by atoms with Crippen LogP contribution >= 0.6 is 11.6 Å². The number of amides is 2. The number of alkyl halides is 1. The molecule has 1 heterocycles. The molecule has 8 heteroatoms. The Morgan fingerprint density at radius 1 is 1.46 bits per heavy atom. The Morgan fingerprint density at radius 2 is 2.27 bits per heavy atom. The van der Waals surface area contributed by atoms with Gasteiger partial charge in [0.25, 0.3) is 0 Å². The molecule has 7 nitrogen and oxygen atoms in total. The van der Waals surface area contributed by atoms with Gasteiger partial charge < -0.3 is 25.8 Å². The monoisotopic (exact) mass is 383 g/mol. The second-order valence-corrected chi connectivity index (χ2v) is 6.79. The summed E-state index contributed by atoms with van der Waals surface area (Å²) >= 11 is 5.83. The van der Waals surface area contributed by atoms with Gasteiger partial charge in [-0.05, 0) is 30.7 Å². The first-order valence-corrected chi connectivity index (χ1v) is 9.21. The van der Waals surface area contributed by atoms with Gasteiger partial charge in [0.15, 0.2) is 0 Å². The molecule has 1 aromatic rings. The molecule has 1 aliphatic heterocycles. The van der Waals surface area contributed by atoms with Crippen molar-refractivity contribution in [2.45, 2.75) is 12.3 Å². The van der Waals surface area contributed by atoms with Crippen molar-refractivity contribution in [1.82, 2.24) is 10.6 Å². The Labute approximate surface area is 158 Å². The number of halogens is 1. The first-order valence-electron chi connectivity index (χ1n) is 8.68. The summed E-state index contributed by atoms with van der Waals surface area (Å²) in [5, 5.41) is 18.2. The van der Waals surface area contributed by atoms with E-state index in [-0.39, 0.29) is 17.9 Å². The second kappa shape index (κ2) is 10.4. The quantitative estimate of drug-likeness (QED) is 0.515. The predicted molar refractivity (Wildman–Crippen MR) is 101 cm³/mol. The number of carbonyl (C=O) groups is 2. The Kier molecular flexibility index (Phi) is 8.15. The number of carbonyl (C=O) groups excluding carboxylic acids is 1. The fraction of sp³-hybridized carbons (Fsp3) is 0.556. The predicted octanol–water partition coefficient (Wildman–Crippen LogP) is 2.09. The van der Waals surface area contributed by atoms with Crippen LogP contribution in [0.2, 0.25) is 0 Å². The van der Waals surface area contributed by atoms with Crippen LogP contribution in [0.25, 0.3) is 0 Å². The minimum absolute atomic E-state index is 0.0448. The van der Waals surface area contributed by atoms with Crippen molar-refractivity contribution in [1.29, 1.82) is 0 Å². The fourth-order valence-electron chi connectivity index (χ4n) is 3.16. The summed E-state index contributed by atoms with van der Waals surface area (Å²) in [6.45, 7) is 2.21. The van der Waals surface area contributed by atoms with E-state index < -0.39 is 11.9 Å². The Hall–Kier alpha value is -1.83. The topological polar surface area (TPSA) is 99.7 Å². The third kappa shape index (κ3) is 5.86. The third-order valence-electron chi connectivity index (χ3n) is 4.54. The van der Waals surface area contributed by atoms with Crippen LogP contribution in [0.4, 0.5) is 10.5 Å². The van der Waals surface area contributed by atoms with E-state index in [1.54, 1.807) is 13.2 Å². The summed E-state index contributed by atoms with van der Waals surface area (Å²) in [5.74, 6) is -0.872. The summed E-state index contributed by atoms with van der Waals surface area (Å²) in [7, 11) is 1.59. The molecule has 1 fully saturated rings. The number of piperidine rings is 1. The summed E-state index contributed by atoms with van der Waals surface area (Å²) in [4.78, 5) is 23.6. The van der Waals surface area contributed by atoms with Crippen LogP contribution in [-0.2, 0) is 9.53 Å². The normalized spacial score (nSPS) is 21.0. The molecule has 3 atom stereocenters. The third-order valence-corrected chi connectivity index (χ3v) is 4.98. The highest BCUT2D eigenvalue weighted by Crippen LogP contribution is 2.30. The average molecular weight is 384 g/mol. The lowest BCUT2D eigenvalue weighted by atomic mass is 9.81. The van der Waals surface area contributed by atoms with Gasteiger partial charge >= 0.3 is 12.0 Å². The number of urea groups is 1. The van der Waals surface area contributed by atoms with Crippen molar-refractivity contribution in [3.8, 4) is 0 Å². The van der Waals surface area contributed by atoms with Crippen LogP contribution in [0.3, 0.4) is 0 Å². The number of methoxy groups -OCH3 is 1. The molecule has 0 radical (unpaired) electrons. The summed E-state index contributed by atoms with van der Waals surface area (Å²) in [6.07, 6.45) is 0.595. The largest absolute Gasteiger partial charge is 0.481 e. The zero-order valence-electron chi connectivity index (χ0n) is 14.8. The Morgan fingerprint density at radius 3 is 2.96 bits per heavy atom. The molecule has 26 heavy (non-hydrogen) atoms. The lowest BCUT2D eigenvalue weighted by Gasteiger charge is -2.29. The van der Waals surface area contributed by atoms with Gasteiger partial charge in [-0.15, -0.1) is 11.6 Å². The highest BCUT2D eigenvalue weighted by molar-refractivity contribution is 6.18. The number of carboxylic acid groups (broad SMARTS) is 1. The van der Waals surface area contributed by atoms with Gasteiger partial charge in [-0.25, -0.2) is 4.79 Å². The minimum atomic E-state index is -0.780. The van der Waals surface area contributed by atoms with Crippen LogP contribution in [0, 0.1) is 11.8 Å². The maximum Gasteiger partial charge on any atom is 0.319 e. The van der Waals surface area contributed by atoms with E-state index in [9.17, 15) is 14.7 Å². The maximum absolute atomic E-state index is 12.1. The number of hydrogen-bond acceptors (Lipinski definition) is 4. The van der Waals surface area contributed by atoms with E-state index in [0.717, 1.165) is 5.56 Å². The molecule has 0 aromatic heterocycles. The summed E-state index contributed by atoms with van der Waals surface area (Å²) in [5.41, 5.74) is 1.53. The molecule has 0 bridgehead atoms. The Balaban J connectivity index is 1.97. The van der Waals surface area contributed by atoms with Crippen molar-refractivity contribution in [2.24, 2.45) is 11.8 Å². The standard InChI is InChI=1S/C18H26ClN3O4/c1-26-11-12(8-19)9-21-18(25)22-14-4-2-3-13(7-14)16-10-20-6-5-15(16)17(23)24/h2-4,7,12,15-16,20H,5-6,8-11H2,1H3,(H,23,24)(H2,21,22,25).